The van der Waals surface area contributed by atoms with E-state index in [1.165, 1.54) is 0 Å². The maximum Gasteiger partial charge on any atom is 0.208 e. The van der Waals surface area contributed by atoms with Crippen molar-refractivity contribution in [2.45, 2.75) is 13.8 Å². The minimum Gasteiger partial charge on any atom is -0.329 e. The summed E-state index contributed by atoms with van der Waals surface area (Å²) >= 11 is 1.63. The number of nitrogens with zero attached hydrogens (tertiary/aromatic N) is 2. The molecule has 1 aromatic rings. The summed E-state index contributed by atoms with van der Waals surface area (Å²) in [4.78, 5) is 15.6. The van der Waals surface area contributed by atoms with Crippen LogP contribution in [0.25, 0.3) is 0 Å². The van der Waals surface area contributed by atoms with Gasteiger partial charge in [-0.15, -0.1) is 0 Å². The summed E-state index contributed by atoms with van der Waals surface area (Å²) in [7, 11) is 1.87. The van der Waals surface area contributed by atoms with E-state index >= 15 is 0 Å². The molecule has 0 fully saturated rings. The molecule has 0 amide bonds. The Kier molecular flexibility index (Phi) is 3.54. The lowest BCUT2D eigenvalue weighted by molar-refractivity contribution is 0.101. The molecule has 0 aromatic carbocycles. The Balaban J connectivity index is 2.71. The van der Waals surface area contributed by atoms with Crippen LogP contribution in [0.5, 0.6) is 0 Å². The van der Waals surface area contributed by atoms with Crippen molar-refractivity contribution in [3.63, 3.8) is 0 Å². The van der Waals surface area contributed by atoms with Crippen molar-refractivity contribution >= 4 is 17.5 Å². The van der Waals surface area contributed by atoms with E-state index in [2.05, 4.69) is 4.98 Å². The number of aryl methyl sites for hydroxylation is 1. The maximum absolute atomic E-state index is 11.5. The average Bonchev–Trinajstić information content (AvgIpc) is 2.44. The highest BCUT2D eigenvalue weighted by Crippen LogP contribution is 2.06. The van der Waals surface area contributed by atoms with E-state index in [1.807, 2.05) is 25.5 Å². The Bertz CT molecular complexity index is 307. The van der Waals surface area contributed by atoms with Crippen molar-refractivity contribution in [3.8, 4) is 0 Å². The zero-order valence-corrected chi connectivity index (χ0v) is 9.02. The van der Waals surface area contributed by atoms with Gasteiger partial charge in [0.1, 0.15) is 0 Å². The van der Waals surface area contributed by atoms with E-state index in [4.69, 9.17) is 0 Å². The van der Waals surface area contributed by atoms with E-state index in [9.17, 15) is 4.79 Å². The number of thioether (sulfide) groups is 1. The summed E-state index contributed by atoms with van der Waals surface area (Å²) in [6, 6.07) is 0. The highest BCUT2D eigenvalue weighted by atomic mass is 32.2. The zero-order valence-electron chi connectivity index (χ0n) is 8.20. The molecule has 1 aromatic heterocycles. The number of carbonyl (C=O) groups excluding carboxylic acids is 1. The molecule has 0 aliphatic rings. The van der Waals surface area contributed by atoms with Gasteiger partial charge in [-0.25, -0.2) is 4.98 Å². The number of hydrogen-bond acceptors (Lipinski definition) is 3. The average molecular weight is 198 g/mol. The second-order valence-corrected chi connectivity index (χ2v) is 4.12. The van der Waals surface area contributed by atoms with Crippen molar-refractivity contribution in [2.75, 3.05) is 11.5 Å². The number of carbonyl (C=O) groups is 1. The number of Topliss-reactive ketones (excluding diaryl/α,β-unsaturated/α-hetero) is 1. The number of aromatic nitrogens is 2. The molecule has 0 bridgehead atoms. The Morgan fingerprint density at radius 1 is 1.69 bits per heavy atom. The van der Waals surface area contributed by atoms with Crippen LogP contribution in [0.1, 0.15) is 23.2 Å². The van der Waals surface area contributed by atoms with Crippen molar-refractivity contribution in [3.05, 3.63) is 17.7 Å². The highest BCUT2D eigenvalue weighted by molar-refractivity contribution is 7.99. The topological polar surface area (TPSA) is 34.9 Å². The molecule has 0 radical (unpaired) electrons. The third kappa shape index (κ3) is 2.34. The van der Waals surface area contributed by atoms with Crippen LogP contribution in [-0.4, -0.2) is 26.8 Å². The van der Waals surface area contributed by atoms with E-state index in [0.717, 1.165) is 11.4 Å². The van der Waals surface area contributed by atoms with Gasteiger partial charge in [-0.2, -0.15) is 11.8 Å². The normalized spacial score (nSPS) is 10.4. The number of imidazole rings is 1. The Labute approximate surface area is 82.5 Å². The van der Waals surface area contributed by atoms with E-state index in [-0.39, 0.29) is 5.78 Å². The molecule has 1 heterocycles. The largest absolute Gasteiger partial charge is 0.329 e. The molecular formula is C9H14N2OS. The molecule has 1 rings (SSSR count). The predicted octanol–water partition coefficient (Wildman–Crippen LogP) is 1.66. The Morgan fingerprint density at radius 2 is 2.38 bits per heavy atom. The summed E-state index contributed by atoms with van der Waals surface area (Å²) in [6.07, 6.45) is 1.73. The Morgan fingerprint density at radius 3 is 2.85 bits per heavy atom. The van der Waals surface area contributed by atoms with Crippen molar-refractivity contribution in [1.29, 1.82) is 0 Å². The summed E-state index contributed by atoms with van der Waals surface area (Å²) in [5.74, 6) is 2.18. The lowest BCUT2D eigenvalue weighted by Crippen LogP contribution is -2.10. The lowest BCUT2D eigenvalue weighted by Gasteiger charge is -2.01. The first-order chi connectivity index (χ1) is 6.16. The van der Waals surface area contributed by atoms with Crippen LogP contribution in [0, 0.1) is 6.92 Å². The molecule has 13 heavy (non-hydrogen) atoms. The second-order valence-electron chi connectivity index (χ2n) is 2.84. The van der Waals surface area contributed by atoms with E-state index < -0.39 is 0 Å². The van der Waals surface area contributed by atoms with Crippen LogP contribution in [0.15, 0.2) is 6.20 Å². The first-order valence-corrected chi connectivity index (χ1v) is 5.41. The predicted molar refractivity (Wildman–Crippen MR) is 55.3 cm³/mol. The molecule has 4 heteroatoms. The molecule has 0 saturated heterocycles. The molecule has 72 valence electrons. The van der Waals surface area contributed by atoms with Gasteiger partial charge in [0, 0.05) is 18.9 Å². The smallest absolute Gasteiger partial charge is 0.208 e. The molecule has 0 aliphatic heterocycles. The van der Waals surface area contributed by atoms with Crippen LogP contribution in [0.4, 0.5) is 0 Å². The lowest BCUT2D eigenvalue weighted by atomic mass is 10.4. The Hall–Kier alpha value is -0.770. The third-order valence-electron chi connectivity index (χ3n) is 1.91. The van der Waals surface area contributed by atoms with Gasteiger partial charge in [0.15, 0.2) is 5.82 Å². The van der Waals surface area contributed by atoms with Crippen LogP contribution in [0.3, 0.4) is 0 Å². The SMILES string of the molecule is CCSCC(=O)c1ncc(C)n1C. The summed E-state index contributed by atoms with van der Waals surface area (Å²) < 4.78 is 1.83. The van der Waals surface area contributed by atoms with Gasteiger partial charge < -0.3 is 4.57 Å². The quantitative estimate of drug-likeness (QED) is 0.690. The number of rotatable bonds is 4. The number of ketones is 1. The van der Waals surface area contributed by atoms with Gasteiger partial charge in [0.05, 0.1) is 5.75 Å². The molecular weight excluding hydrogens is 184 g/mol. The fourth-order valence-electron chi connectivity index (χ4n) is 1.01. The van der Waals surface area contributed by atoms with Gasteiger partial charge in [-0.05, 0) is 12.7 Å². The fourth-order valence-corrected chi connectivity index (χ4v) is 1.53. The summed E-state index contributed by atoms with van der Waals surface area (Å²) in [5.41, 5.74) is 1.02. The van der Waals surface area contributed by atoms with Gasteiger partial charge in [-0.1, -0.05) is 6.92 Å². The molecule has 0 aliphatic carbocycles. The monoisotopic (exact) mass is 198 g/mol. The minimum atomic E-state index is 0.113. The van der Waals surface area contributed by atoms with Crippen molar-refractivity contribution in [1.82, 2.24) is 9.55 Å². The number of hydrogen-bond donors (Lipinski definition) is 0. The second kappa shape index (κ2) is 4.46. The first kappa shape index (κ1) is 10.3. The van der Waals surface area contributed by atoms with Crippen molar-refractivity contribution in [2.24, 2.45) is 7.05 Å². The zero-order chi connectivity index (χ0) is 9.84. The fraction of sp³-hybridized carbons (Fsp3) is 0.556. The van der Waals surface area contributed by atoms with Crippen LogP contribution in [-0.2, 0) is 7.05 Å². The van der Waals surface area contributed by atoms with Gasteiger partial charge in [0.25, 0.3) is 0 Å². The summed E-state index contributed by atoms with van der Waals surface area (Å²) in [5, 5.41) is 0. The standard InChI is InChI=1S/C9H14N2OS/c1-4-13-6-8(12)9-10-5-7(2)11(9)3/h5H,4,6H2,1-3H3. The van der Waals surface area contributed by atoms with Gasteiger partial charge in [-0.3, -0.25) is 4.79 Å². The van der Waals surface area contributed by atoms with Gasteiger partial charge >= 0.3 is 0 Å². The minimum absolute atomic E-state index is 0.113. The molecule has 0 spiro atoms. The first-order valence-electron chi connectivity index (χ1n) is 4.26. The highest BCUT2D eigenvalue weighted by Gasteiger charge is 2.11. The molecule has 0 atom stereocenters. The van der Waals surface area contributed by atoms with E-state index in [1.54, 1.807) is 18.0 Å². The van der Waals surface area contributed by atoms with Crippen LogP contribution in [0.2, 0.25) is 0 Å². The molecule has 0 N–H and O–H groups in total. The van der Waals surface area contributed by atoms with Crippen molar-refractivity contribution < 1.29 is 4.79 Å². The molecule has 3 nitrogen and oxygen atoms in total. The summed E-state index contributed by atoms with van der Waals surface area (Å²) in [6.45, 7) is 3.98. The van der Waals surface area contributed by atoms with Crippen LogP contribution < -0.4 is 0 Å². The van der Waals surface area contributed by atoms with Crippen LogP contribution >= 0.6 is 11.8 Å². The molecule has 0 saturated carbocycles. The van der Waals surface area contributed by atoms with Gasteiger partial charge in [0.2, 0.25) is 5.78 Å². The maximum atomic E-state index is 11.5. The third-order valence-corrected chi connectivity index (χ3v) is 2.78. The van der Waals surface area contributed by atoms with E-state index in [0.29, 0.717) is 11.6 Å². The molecule has 0 unspecified atom stereocenters.